The summed E-state index contributed by atoms with van der Waals surface area (Å²) in [7, 11) is 1.60. The van der Waals surface area contributed by atoms with Gasteiger partial charge in [0.15, 0.2) is 0 Å². The fourth-order valence-electron chi connectivity index (χ4n) is 3.22. The summed E-state index contributed by atoms with van der Waals surface area (Å²) in [4.78, 5) is 12.5. The number of amides is 1. The van der Waals surface area contributed by atoms with Gasteiger partial charge in [0, 0.05) is 6.04 Å². The van der Waals surface area contributed by atoms with E-state index >= 15 is 0 Å². The van der Waals surface area contributed by atoms with Crippen LogP contribution >= 0.6 is 11.8 Å². The van der Waals surface area contributed by atoms with Crippen LogP contribution in [0, 0.1) is 5.92 Å². The lowest BCUT2D eigenvalue weighted by molar-refractivity contribution is -0.121. The van der Waals surface area contributed by atoms with Gasteiger partial charge in [0.25, 0.3) is 11.1 Å². The lowest BCUT2D eigenvalue weighted by atomic mass is 9.86. The largest absolute Gasteiger partial charge is 0.496 e. The lowest BCUT2D eigenvalue weighted by Gasteiger charge is -2.30. The SMILES string of the molecule is COc1ccccc1-c1nnc(SC(C)C(=O)NC2CCCCC2C)o1. The van der Waals surface area contributed by atoms with E-state index in [2.05, 4.69) is 22.4 Å². The molecule has 0 aliphatic heterocycles. The van der Waals surface area contributed by atoms with Gasteiger partial charge in [-0.15, -0.1) is 10.2 Å². The van der Waals surface area contributed by atoms with Crippen LogP contribution in [-0.2, 0) is 4.79 Å². The molecule has 1 aromatic carbocycles. The molecule has 0 spiro atoms. The zero-order valence-electron chi connectivity index (χ0n) is 15.4. The molecule has 1 amide bonds. The number of carbonyl (C=O) groups is 1. The highest BCUT2D eigenvalue weighted by Crippen LogP contribution is 2.31. The van der Waals surface area contributed by atoms with Crippen LogP contribution in [0.1, 0.15) is 39.5 Å². The van der Waals surface area contributed by atoms with Crippen molar-refractivity contribution in [1.82, 2.24) is 15.5 Å². The number of rotatable bonds is 6. The van der Waals surface area contributed by atoms with Crippen LogP contribution < -0.4 is 10.1 Å². The van der Waals surface area contributed by atoms with Gasteiger partial charge in [0.2, 0.25) is 5.91 Å². The molecule has 26 heavy (non-hydrogen) atoms. The summed E-state index contributed by atoms with van der Waals surface area (Å²) in [6.45, 7) is 4.07. The van der Waals surface area contributed by atoms with E-state index in [-0.39, 0.29) is 17.2 Å². The number of hydrogen-bond donors (Lipinski definition) is 1. The van der Waals surface area contributed by atoms with Gasteiger partial charge in [-0.3, -0.25) is 4.79 Å². The van der Waals surface area contributed by atoms with Crippen molar-refractivity contribution in [2.45, 2.75) is 56.0 Å². The third-order valence-corrected chi connectivity index (χ3v) is 5.76. The van der Waals surface area contributed by atoms with Gasteiger partial charge in [-0.2, -0.15) is 0 Å². The molecule has 1 aliphatic rings. The first kappa shape index (κ1) is 18.8. The quantitative estimate of drug-likeness (QED) is 0.771. The van der Waals surface area contributed by atoms with Crippen molar-refractivity contribution in [3.05, 3.63) is 24.3 Å². The van der Waals surface area contributed by atoms with E-state index in [1.165, 1.54) is 31.0 Å². The predicted molar refractivity (Wildman–Crippen MR) is 101 cm³/mol. The lowest BCUT2D eigenvalue weighted by Crippen LogP contribution is -2.44. The van der Waals surface area contributed by atoms with E-state index in [0.29, 0.717) is 22.8 Å². The maximum absolute atomic E-state index is 12.5. The molecule has 3 rings (SSSR count). The van der Waals surface area contributed by atoms with E-state index in [1.54, 1.807) is 7.11 Å². The molecule has 6 nitrogen and oxygen atoms in total. The molecular weight excluding hydrogens is 350 g/mol. The summed E-state index contributed by atoms with van der Waals surface area (Å²) < 4.78 is 11.0. The number of thioether (sulfide) groups is 1. The van der Waals surface area contributed by atoms with Gasteiger partial charge in [0.05, 0.1) is 17.9 Å². The van der Waals surface area contributed by atoms with E-state index in [1.807, 2.05) is 31.2 Å². The second kappa shape index (κ2) is 8.58. The van der Waals surface area contributed by atoms with Crippen molar-refractivity contribution in [2.24, 2.45) is 5.92 Å². The summed E-state index contributed by atoms with van der Waals surface area (Å²) in [5.74, 6) is 1.61. The molecule has 3 atom stereocenters. The summed E-state index contributed by atoms with van der Waals surface area (Å²) >= 11 is 1.28. The van der Waals surface area contributed by atoms with Gasteiger partial charge in [-0.1, -0.05) is 43.7 Å². The van der Waals surface area contributed by atoms with Gasteiger partial charge >= 0.3 is 0 Å². The summed E-state index contributed by atoms with van der Waals surface area (Å²) in [6.07, 6.45) is 4.68. The van der Waals surface area contributed by atoms with Crippen molar-refractivity contribution in [1.29, 1.82) is 0 Å². The van der Waals surface area contributed by atoms with Crippen LogP contribution in [0.3, 0.4) is 0 Å². The minimum atomic E-state index is -0.296. The number of ether oxygens (including phenoxy) is 1. The monoisotopic (exact) mass is 375 g/mol. The number of carbonyl (C=O) groups excluding carboxylic acids is 1. The first-order valence-electron chi connectivity index (χ1n) is 9.02. The predicted octanol–water partition coefficient (Wildman–Crippen LogP) is 3.92. The average Bonchev–Trinajstić information content (AvgIpc) is 3.11. The molecule has 7 heteroatoms. The fraction of sp³-hybridized carbons (Fsp3) is 0.526. The number of nitrogens with one attached hydrogen (secondary N) is 1. The Balaban J connectivity index is 1.62. The smallest absolute Gasteiger partial charge is 0.277 e. The Morgan fingerprint density at radius 1 is 1.31 bits per heavy atom. The van der Waals surface area contributed by atoms with Crippen LogP contribution in [0.2, 0.25) is 0 Å². The second-order valence-electron chi connectivity index (χ2n) is 6.71. The third-order valence-electron chi connectivity index (χ3n) is 4.83. The second-order valence-corrected chi connectivity index (χ2v) is 8.00. The minimum absolute atomic E-state index is 0.0193. The number of methoxy groups -OCH3 is 1. The van der Waals surface area contributed by atoms with Gasteiger partial charge in [-0.25, -0.2) is 0 Å². The number of nitrogens with zero attached hydrogens (tertiary/aromatic N) is 2. The van der Waals surface area contributed by atoms with Crippen LogP contribution in [-0.4, -0.2) is 34.5 Å². The maximum atomic E-state index is 12.5. The van der Waals surface area contributed by atoms with Crippen LogP contribution in [0.5, 0.6) is 5.75 Å². The molecule has 1 aromatic heterocycles. The zero-order valence-corrected chi connectivity index (χ0v) is 16.2. The van der Waals surface area contributed by atoms with Crippen LogP contribution in [0.25, 0.3) is 11.5 Å². The molecule has 3 unspecified atom stereocenters. The Labute approximate surface area is 158 Å². The molecule has 1 N–H and O–H groups in total. The van der Waals surface area contributed by atoms with E-state index in [0.717, 1.165) is 12.0 Å². The highest BCUT2D eigenvalue weighted by Gasteiger charge is 2.26. The average molecular weight is 375 g/mol. The molecule has 2 aromatic rings. The third kappa shape index (κ3) is 4.38. The van der Waals surface area contributed by atoms with Gasteiger partial charge in [-0.05, 0) is 37.8 Å². The molecule has 140 valence electrons. The summed E-state index contributed by atoms with van der Waals surface area (Å²) in [5.41, 5.74) is 0.738. The van der Waals surface area contributed by atoms with Crippen molar-refractivity contribution in [3.63, 3.8) is 0 Å². The molecule has 1 heterocycles. The van der Waals surface area contributed by atoms with Crippen molar-refractivity contribution in [2.75, 3.05) is 7.11 Å². The van der Waals surface area contributed by atoms with E-state index in [4.69, 9.17) is 9.15 Å². The molecule has 0 bridgehead atoms. The Hall–Kier alpha value is -2.02. The Bertz CT molecular complexity index is 749. The van der Waals surface area contributed by atoms with Crippen molar-refractivity contribution >= 4 is 17.7 Å². The van der Waals surface area contributed by atoms with Crippen molar-refractivity contribution in [3.8, 4) is 17.2 Å². The normalized spacial score (nSPS) is 21.2. The Morgan fingerprint density at radius 2 is 2.08 bits per heavy atom. The van der Waals surface area contributed by atoms with Gasteiger partial charge < -0.3 is 14.5 Å². The molecule has 1 fully saturated rings. The molecule has 0 radical (unpaired) electrons. The highest BCUT2D eigenvalue weighted by atomic mass is 32.2. The first-order valence-corrected chi connectivity index (χ1v) is 9.90. The van der Waals surface area contributed by atoms with Gasteiger partial charge in [0.1, 0.15) is 5.75 Å². The Morgan fingerprint density at radius 3 is 2.85 bits per heavy atom. The molecule has 1 aliphatic carbocycles. The van der Waals surface area contributed by atoms with Crippen LogP contribution in [0.15, 0.2) is 33.9 Å². The number of benzene rings is 1. The van der Waals surface area contributed by atoms with Crippen molar-refractivity contribution < 1.29 is 13.9 Å². The number of para-hydroxylation sites is 1. The van der Waals surface area contributed by atoms with E-state index < -0.39 is 0 Å². The fourth-order valence-corrected chi connectivity index (χ4v) is 3.92. The maximum Gasteiger partial charge on any atom is 0.277 e. The zero-order chi connectivity index (χ0) is 18.5. The minimum Gasteiger partial charge on any atom is -0.496 e. The number of hydrogen-bond acceptors (Lipinski definition) is 6. The Kier molecular flexibility index (Phi) is 6.19. The molecule has 1 saturated carbocycles. The number of aromatic nitrogens is 2. The molecular formula is C19H25N3O3S. The molecule has 0 saturated heterocycles. The topological polar surface area (TPSA) is 77.2 Å². The first-order chi connectivity index (χ1) is 12.6. The van der Waals surface area contributed by atoms with E-state index in [9.17, 15) is 4.79 Å². The standard InChI is InChI=1S/C19H25N3O3S/c1-12-8-4-6-10-15(12)20-17(23)13(2)26-19-22-21-18(25-19)14-9-5-7-11-16(14)24-3/h5,7,9,11-13,15H,4,6,8,10H2,1-3H3,(H,20,23). The highest BCUT2D eigenvalue weighted by molar-refractivity contribution is 8.00. The summed E-state index contributed by atoms with van der Waals surface area (Å²) in [5, 5.41) is 11.4. The summed E-state index contributed by atoms with van der Waals surface area (Å²) in [6, 6.07) is 7.74. The van der Waals surface area contributed by atoms with Crippen LogP contribution in [0.4, 0.5) is 0 Å².